The molecule has 0 radical (unpaired) electrons. The van der Waals surface area contributed by atoms with Crippen molar-refractivity contribution in [1.29, 1.82) is 0 Å². The summed E-state index contributed by atoms with van der Waals surface area (Å²) in [6.07, 6.45) is 2.84. The Morgan fingerprint density at radius 2 is 2.40 bits per heavy atom. The first-order valence-electron chi connectivity index (χ1n) is 5.21. The van der Waals surface area contributed by atoms with Crippen LogP contribution in [-0.4, -0.2) is 33.1 Å². The van der Waals surface area contributed by atoms with Gasteiger partial charge in [-0.3, -0.25) is 9.48 Å². The summed E-state index contributed by atoms with van der Waals surface area (Å²) in [4.78, 5) is 15.5. The summed E-state index contributed by atoms with van der Waals surface area (Å²) >= 11 is 0. The summed E-state index contributed by atoms with van der Waals surface area (Å²) in [6, 6.07) is 0.383. The quantitative estimate of drug-likeness (QED) is 0.734. The largest absolute Gasteiger partial charge is 0.307 e. The van der Waals surface area contributed by atoms with Crippen molar-refractivity contribution in [1.82, 2.24) is 20.1 Å². The molecule has 1 atom stereocenters. The molecule has 1 rings (SSSR count). The Kier molecular flexibility index (Phi) is 4.42. The van der Waals surface area contributed by atoms with E-state index in [0.29, 0.717) is 24.8 Å². The van der Waals surface area contributed by atoms with Gasteiger partial charge in [-0.15, -0.1) is 0 Å². The highest BCUT2D eigenvalue weighted by molar-refractivity contribution is 5.82. The Hall–Kier alpha value is -1.23. The van der Waals surface area contributed by atoms with Crippen LogP contribution in [0.2, 0.25) is 0 Å². The molecule has 15 heavy (non-hydrogen) atoms. The van der Waals surface area contributed by atoms with Gasteiger partial charge in [0, 0.05) is 13.1 Å². The lowest BCUT2D eigenvalue weighted by Gasteiger charge is -2.09. The van der Waals surface area contributed by atoms with Crippen LogP contribution in [0, 0.1) is 0 Å². The van der Waals surface area contributed by atoms with Gasteiger partial charge in [-0.2, -0.15) is 5.10 Å². The summed E-state index contributed by atoms with van der Waals surface area (Å²) in [5, 5.41) is 7.07. The minimum Gasteiger partial charge on any atom is -0.307 e. The monoisotopic (exact) mass is 210 g/mol. The fraction of sp³-hybridized carbons (Fsp3) is 0.700. The molecule has 0 saturated carbocycles. The Balaban J connectivity index is 2.34. The molecule has 1 heterocycles. The Bertz CT molecular complexity index is 321. The number of carbonyl (C=O) groups excluding carboxylic acids is 1. The Labute approximate surface area is 89.9 Å². The molecule has 0 aliphatic carbocycles. The second-order valence-corrected chi connectivity index (χ2v) is 3.71. The lowest BCUT2D eigenvalue weighted by Crippen LogP contribution is -2.32. The minimum absolute atomic E-state index is 0.145. The maximum absolute atomic E-state index is 11.5. The van der Waals surface area contributed by atoms with Crippen LogP contribution in [-0.2, 0) is 18.3 Å². The molecule has 0 bridgehead atoms. The van der Waals surface area contributed by atoms with E-state index >= 15 is 0 Å². The van der Waals surface area contributed by atoms with Crippen molar-refractivity contribution in [3.8, 4) is 0 Å². The van der Waals surface area contributed by atoms with Crippen molar-refractivity contribution in [2.45, 2.75) is 32.7 Å². The van der Waals surface area contributed by atoms with Gasteiger partial charge in [0.25, 0.3) is 0 Å². The van der Waals surface area contributed by atoms with Gasteiger partial charge < -0.3 is 5.32 Å². The zero-order chi connectivity index (χ0) is 11.3. The number of aryl methyl sites for hydroxylation is 1. The molecule has 0 fully saturated rings. The average molecular weight is 210 g/mol. The lowest BCUT2D eigenvalue weighted by atomic mass is 10.2. The van der Waals surface area contributed by atoms with Gasteiger partial charge in [0.2, 0.25) is 0 Å². The van der Waals surface area contributed by atoms with Crippen molar-refractivity contribution in [2.75, 3.05) is 6.54 Å². The van der Waals surface area contributed by atoms with Gasteiger partial charge in [0.15, 0.2) is 5.78 Å². The third-order valence-electron chi connectivity index (χ3n) is 2.42. The summed E-state index contributed by atoms with van der Waals surface area (Å²) in [7, 11) is 1.79. The molecule has 5 nitrogen and oxygen atoms in total. The lowest BCUT2D eigenvalue weighted by molar-refractivity contribution is -0.117. The number of aromatic nitrogens is 3. The van der Waals surface area contributed by atoms with Crippen molar-refractivity contribution in [2.24, 2.45) is 7.05 Å². The van der Waals surface area contributed by atoms with E-state index in [-0.39, 0.29) is 5.78 Å². The number of nitrogens with zero attached hydrogens (tertiary/aromatic N) is 3. The molecule has 1 aromatic heterocycles. The molecule has 0 aliphatic heterocycles. The molecule has 84 valence electrons. The molecule has 0 aromatic carbocycles. The number of hydrogen-bond donors (Lipinski definition) is 1. The van der Waals surface area contributed by atoms with Crippen molar-refractivity contribution in [3.05, 3.63) is 12.2 Å². The fourth-order valence-electron chi connectivity index (χ4n) is 1.15. The zero-order valence-electron chi connectivity index (χ0n) is 9.53. The predicted octanol–water partition coefficient (Wildman–Crippen LogP) is 0.315. The molecule has 0 amide bonds. The first-order valence-corrected chi connectivity index (χ1v) is 5.21. The molecule has 1 aromatic rings. The highest BCUT2D eigenvalue weighted by Crippen LogP contribution is 1.94. The van der Waals surface area contributed by atoms with E-state index in [9.17, 15) is 4.79 Å². The van der Waals surface area contributed by atoms with Crippen LogP contribution in [0.4, 0.5) is 0 Å². The Morgan fingerprint density at radius 3 is 2.93 bits per heavy atom. The second-order valence-electron chi connectivity index (χ2n) is 3.71. The summed E-state index contributed by atoms with van der Waals surface area (Å²) in [6.45, 7) is 4.56. The van der Waals surface area contributed by atoms with Crippen LogP contribution in [0.5, 0.6) is 0 Å². The van der Waals surface area contributed by atoms with E-state index in [1.807, 2.05) is 0 Å². The van der Waals surface area contributed by atoms with Crippen LogP contribution >= 0.6 is 0 Å². The standard InChI is InChI=1S/C10H18N4O/c1-4-8(2)11-6-9(15)5-10-12-7-13-14(10)3/h7-8,11H,4-6H2,1-3H3. The highest BCUT2D eigenvalue weighted by atomic mass is 16.1. The first-order chi connectivity index (χ1) is 7.13. The number of ketones is 1. The normalized spacial score (nSPS) is 12.7. The van der Waals surface area contributed by atoms with Crippen LogP contribution in [0.3, 0.4) is 0 Å². The van der Waals surface area contributed by atoms with Crippen molar-refractivity contribution < 1.29 is 4.79 Å². The average Bonchev–Trinajstić information content (AvgIpc) is 2.61. The van der Waals surface area contributed by atoms with Crippen molar-refractivity contribution in [3.63, 3.8) is 0 Å². The number of carbonyl (C=O) groups is 1. The first kappa shape index (κ1) is 11.8. The number of rotatable bonds is 6. The van der Waals surface area contributed by atoms with Crippen LogP contribution in [0.1, 0.15) is 26.1 Å². The topological polar surface area (TPSA) is 59.8 Å². The van der Waals surface area contributed by atoms with Gasteiger partial charge >= 0.3 is 0 Å². The third-order valence-corrected chi connectivity index (χ3v) is 2.42. The number of Topliss-reactive ketones (excluding diaryl/α,β-unsaturated/α-hetero) is 1. The molecule has 1 N–H and O–H groups in total. The van der Waals surface area contributed by atoms with Gasteiger partial charge in [-0.1, -0.05) is 6.92 Å². The number of nitrogens with one attached hydrogen (secondary N) is 1. The second kappa shape index (κ2) is 5.60. The molecule has 1 unspecified atom stereocenters. The van der Waals surface area contributed by atoms with E-state index in [1.165, 1.54) is 6.33 Å². The summed E-state index contributed by atoms with van der Waals surface area (Å²) in [5.41, 5.74) is 0. The van der Waals surface area contributed by atoms with Crippen LogP contribution in [0.25, 0.3) is 0 Å². The van der Waals surface area contributed by atoms with Crippen LogP contribution in [0.15, 0.2) is 6.33 Å². The molecule has 0 saturated heterocycles. The van der Waals surface area contributed by atoms with Gasteiger partial charge in [0.1, 0.15) is 12.2 Å². The van der Waals surface area contributed by atoms with E-state index in [2.05, 4.69) is 29.2 Å². The van der Waals surface area contributed by atoms with E-state index in [1.54, 1.807) is 11.7 Å². The molecule has 0 spiro atoms. The third kappa shape index (κ3) is 3.79. The molecular formula is C10H18N4O. The smallest absolute Gasteiger partial charge is 0.154 e. The SMILES string of the molecule is CCC(C)NCC(=O)Cc1ncnn1C. The van der Waals surface area contributed by atoms with Gasteiger partial charge in [-0.25, -0.2) is 4.98 Å². The van der Waals surface area contributed by atoms with E-state index in [4.69, 9.17) is 0 Å². The van der Waals surface area contributed by atoms with E-state index < -0.39 is 0 Å². The summed E-state index contributed by atoms with van der Waals surface area (Å²) in [5.74, 6) is 0.859. The zero-order valence-corrected chi connectivity index (χ0v) is 9.53. The summed E-state index contributed by atoms with van der Waals surface area (Å²) < 4.78 is 1.63. The van der Waals surface area contributed by atoms with Gasteiger partial charge in [-0.05, 0) is 13.3 Å². The highest BCUT2D eigenvalue weighted by Gasteiger charge is 2.08. The maximum atomic E-state index is 11.5. The van der Waals surface area contributed by atoms with Gasteiger partial charge in [0.05, 0.1) is 13.0 Å². The molecule has 0 aliphatic rings. The predicted molar refractivity (Wildman–Crippen MR) is 57.5 cm³/mol. The molecular weight excluding hydrogens is 192 g/mol. The Morgan fingerprint density at radius 1 is 1.67 bits per heavy atom. The van der Waals surface area contributed by atoms with Crippen molar-refractivity contribution >= 4 is 5.78 Å². The maximum Gasteiger partial charge on any atom is 0.154 e. The minimum atomic E-state index is 0.145. The molecule has 5 heteroatoms. The number of hydrogen-bond acceptors (Lipinski definition) is 4. The fourth-order valence-corrected chi connectivity index (χ4v) is 1.15. The van der Waals surface area contributed by atoms with Crippen LogP contribution < -0.4 is 5.32 Å². The van der Waals surface area contributed by atoms with E-state index in [0.717, 1.165) is 6.42 Å².